The lowest BCUT2D eigenvalue weighted by Gasteiger charge is -2.37. The number of hydrogen-bond donors (Lipinski definition) is 0. The van der Waals surface area contributed by atoms with E-state index in [9.17, 15) is 4.79 Å². The summed E-state index contributed by atoms with van der Waals surface area (Å²) in [6.07, 6.45) is 10.6. The van der Waals surface area contributed by atoms with Crippen LogP contribution in [0, 0.1) is 0 Å². The van der Waals surface area contributed by atoms with E-state index in [0.717, 1.165) is 36.5 Å². The van der Waals surface area contributed by atoms with E-state index in [2.05, 4.69) is 9.80 Å². The second-order valence-corrected chi connectivity index (χ2v) is 8.02. The van der Waals surface area contributed by atoms with Crippen molar-refractivity contribution < 1.29 is 4.79 Å². The molecule has 3 rings (SSSR count). The summed E-state index contributed by atoms with van der Waals surface area (Å²) in [5.41, 5.74) is 1.06. The molecule has 1 amide bonds. The smallest absolute Gasteiger partial charge is 0.227 e. The van der Waals surface area contributed by atoms with Gasteiger partial charge in [0.2, 0.25) is 5.91 Å². The summed E-state index contributed by atoms with van der Waals surface area (Å²) in [6, 6.07) is 8.11. The minimum absolute atomic E-state index is 0.280. The third-order valence-electron chi connectivity index (χ3n) is 5.69. The first-order chi connectivity index (χ1) is 12.2. The van der Waals surface area contributed by atoms with Gasteiger partial charge in [0.1, 0.15) is 0 Å². The number of piperidine rings is 1. The number of amides is 1. The van der Waals surface area contributed by atoms with Crippen molar-refractivity contribution in [2.75, 3.05) is 26.2 Å². The maximum absolute atomic E-state index is 12.8. The summed E-state index contributed by atoms with van der Waals surface area (Å²) < 4.78 is 0. The second-order valence-electron chi connectivity index (χ2n) is 7.58. The monoisotopic (exact) mass is 362 g/mol. The molecule has 0 bridgehead atoms. The highest BCUT2D eigenvalue weighted by molar-refractivity contribution is 6.30. The molecule has 3 nitrogen and oxygen atoms in total. The first kappa shape index (κ1) is 18.7. The Hall–Kier alpha value is -1.06. The Kier molecular flexibility index (Phi) is 7.18. The molecule has 4 heteroatoms. The zero-order valence-corrected chi connectivity index (χ0v) is 16.0. The molecule has 0 aromatic heterocycles. The highest BCUT2D eigenvalue weighted by Gasteiger charge is 2.27. The molecule has 2 aliphatic rings. The molecular weight excluding hydrogens is 332 g/mol. The number of carbonyl (C=O) groups excluding carboxylic acids is 1. The Labute approximate surface area is 157 Å². The zero-order valence-electron chi connectivity index (χ0n) is 15.3. The summed E-state index contributed by atoms with van der Waals surface area (Å²) >= 11 is 5.95. The molecule has 138 valence electrons. The van der Waals surface area contributed by atoms with Gasteiger partial charge in [0.25, 0.3) is 0 Å². The topological polar surface area (TPSA) is 23.6 Å². The molecule has 0 spiro atoms. The predicted octanol–water partition coefficient (Wildman–Crippen LogP) is 4.53. The van der Waals surface area contributed by atoms with Crippen LogP contribution in [0.3, 0.4) is 0 Å². The van der Waals surface area contributed by atoms with E-state index >= 15 is 0 Å². The van der Waals surface area contributed by atoms with Crippen LogP contribution in [0.4, 0.5) is 0 Å². The summed E-state index contributed by atoms with van der Waals surface area (Å²) in [7, 11) is 0. The quantitative estimate of drug-likeness (QED) is 0.768. The van der Waals surface area contributed by atoms with E-state index in [4.69, 9.17) is 11.6 Å². The Morgan fingerprint density at radius 3 is 2.36 bits per heavy atom. The Bertz CT molecular complexity index is 537. The van der Waals surface area contributed by atoms with Crippen LogP contribution < -0.4 is 0 Å². The third kappa shape index (κ3) is 5.72. The number of rotatable bonds is 5. The molecule has 0 aliphatic carbocycles. The Balaban J connectivity index is 1.54. The minimum Gasteiger partial charge on any atom is -0.339 e. The van der Waals surface area contributed by atoms with Gasteiger partial charge in [-0.05, 0) is 69.3 Å². The summed E-state index contributed by atoms with van der Waals surface area (Å²) in [6.45, 7) is 4.56. The average molecular weight is 363 g/mol. The predicted molar refractivity (Wildman–Crippen MR) is 104 cm³/mol. The fourth-order valence-corrected chi connectivity index (χ4v) is 4.32. The Morgan fingerprint density at radius 1 is 0.960 bits per heavy atom. The first-order valence-electron chi connectivity index (χ1n) is 9.98. The number of nitrogens with zero attached hydrogens (tertiary/aromatic N) is 2. The molecule has 0 saturated carbocycles. The van der Waals surface area contributed by atoms with Gasteiger partial charge in [-0.1, -0.05) is 36.6 Å². The van der Waals surface area contributed by atoms with Gasteiger partial charge in [-0.15, -0.1) is 0 Å². The lowest BCUT2D eigenvalue weighted by molar-refractivity contribution is -0.134. The highest BCUT2D eigenvalue weighted by atomic mass is 35.5. The number of benzene rings is 1. The molecule has 1 aromatic carbocycles. The van der Waals surface area contributed by atoms with Gasteiger partial charge < -0.3 is 9.80 Å². The van der Waals surface area contributed by atoms with Crippen molar-refractivity contribution in [3.05, 3.63) is 34.9 Å². The fourth-order valence-electron chi connectivity index (χ4n) is 4.20. The van der Waals surface area contributed by atoms with Gasteiger partial charge in [-0.25, -0.2) is 0 Å². The maximum atomic E-state index is 12.8. The van der Waals surface area contributed by atoms with Crippen LogP contribution in [0.5, 0.6) is 0 Å². The van der Waals surface area contributed by atoms with Crippen molar-refractivity contribution >= 4 is 17.5 Å². The molecule has 0 N–H and O–H groups in total. The molecule has 1 aromatic rings. The lowest BCUT2D eigenvalue weighted by Crippen LogP contribution is -2.46. The van der Waals surface area contributed by atoms with Crippen molar-refractivity contribution in [3.8, 4) is 0 Å². The molecule has 0 radical (unpaired) electrons. The Morgan fingerprint density at radius 2 is 1.64 bits per heavy atom. The SMILES string of the molecule is O=C(Cc1ccc(Cl)cc1)N1CCCCC1CCN1CCCCCC1. The number of halogens is 1. The fraction of sp³-hybridized carbons (Fsp3) is 0.667. The van der Waals surface area contributed by atoms with Gasteiger partial charge >= 0.3 is 0 Å². The summed E-state index contributed by atoms with van der Waals surface area (Å²) in [5, 5.41) is 0.726. The van der Waals surface area contributed by atoms with Crippen LogP contribution in [0.2, 0.25) is 5.02 Å². The molecular formula is C21H31ClN2O. The van der Waals surface area contributed by atoms with Gasteiger partial charge in [0, 0.05) is 24.2 Å². The number of carbonyl (C=O) groups is 1. The summed E-state index contributed by atoms with van der Waals surface area (Å²) in [4.78, 5) is 17.6. The first-order valence-corrected chi connectivity index (χ1v) is 10.4. The average Bonchev–Trinajstić information content (AvgIpc) is 2.91. The largest absolute Gasteiger partial charge is 0.339 e. The van der Waals surface area contributed by atoms with Crippen LogP contribution in [0.15, 0.2) is 24.3 Å². The van der Waals surface area contributed by atoms with Gasteiger partial charge in [0.15, 0.2) is 0 Å². The standard InChI is InChI=1S/C21H31ClN2O/c22-19-10-8-18(9-11-19)17-21(25)24-15-6-3-7-20(24)12-16-23-13-4-1-2-5-14-23/h8-11,20H,1-7,12-17H2. The van der Waals surface area contributed by atoms with Crippen molar-refractivity contribution in [1.29, 1.82) is 0 Å². The van der Waals surface area contributed by atoms with E-state index < -0.39 is 0 Å². The molecule has 2 aliphatic heterocycles. The highest BCUT2D eigenvalue weighted by Crippen LogP contribution is 2.22. The maximum Gasteiger partial charge on any atom is 0.227 e. The van der Waals surface area contributed by atoms with Crippen molar-refractivity contribution in [2.45, 2.75) is 63.8 Å². The molecule has 2 fully saturated rings. The normalized spacial score (nSPS) is 22.6. The zero-order chi connectivity index (χ0) is 17.5. The van der Waals surface area contributed by atoms with E-state index in [1.54, 1.807) is 0 Å². The van der Waals surface area contributed by atoms with Crippen LogP contribution in [0.1, 0.15) is 56.9 Å². The van der Waals surface area contributed by atoms with Crippen molar-refractivity contribution in [3.63, 3.8) is 0 Å². The van der Waals surface area contributed by atoms with Crippen LogP contribution in [-0.2, 0) is 11.2 Å². The van der Waals surface area contributed by atoms with Crippen molar-refractivity contribution in [2.24, 2.45) is 0 Å². The van der Waals surface area contributed by atoms with Gasteiger partial charge in [0.05, 0.1) is 6.42 Å². The number of likely N-dealkylation sites (tertiary alicyclic amines) is 2. The minimum atomic E-state index is 0.280. The molecule has 2 heterocycles. The van der Waals surface area contributed by atoms with E-state index in [1.165, 1.54) is 51.6 Å². The molecule has 1 unspecified atom stereocenters. The second kappa shape index (κ2) is 9.59. The van der Waals surface area contributed by atoms with Gasteiger partial charge in [-0.2, -0.15) is 0 Å². The molecule has 1 atom stereocenters. The number of hydrogen-bond acceptors (Lipinski definition) is 2. The van der Waals surface area contributed by atoms with E-state index in [-0.39, 0.29) is 5.91 Å². The lowest BCUT2D eigenvalue weighted by atomic mass is 9.98. The van der Waals surface area contributed by atoms with Gasteiger partial charge in [-0.3, -0.25) is 4.79 Å². The molecule has 25 heavy (non-hydrogen) atoms. The van der Waals surface area contributed by atoms with Crippen LogP contribution in [-0.4, -0.2) is 47.9 Å². The third-order valence-corrected chi connectivity index (χ3v) is 5.95. The van der Waals surface area contributed by atoms with Crippen LogP contribution >= 0.6 is 11.6 Å². The van der Waals surface area contributed by atoms with E-state index in [1.807, 2.05) is 24.3 Å². The molecule has 2 saturated heterocycles. The summed E-state index contributed by atoms with van der Waals surface area (Å²) in [5.74, 6) is 0.280. The van der Waals surface area contributed by atoms with E-state index in [0.29, 0.717) is 12.5 Å². The van der Waals surface area contributed by atoms with Crippen LogP contribution in [0.25, 0.3) is 0 Å². The van der Waals surface area contributed by atoms with Crippen molar-refractivity contribution in [1.82, 2.24) is 9.80 Å².